The number of carbonyl (C=O) groups is 1. The minimum Gasteiger partial charge on any atom is -0.293 e. The molecule has 0 fully saturated rings. The number of Topliss-reactive ketones (excluding diaryl/α,β-unsaturated/α-hetero) is 1. The molecule has 0 saturated carbocycles. The van der Waals surface area contributed by atoms with Crippen LogP contribution in [0.5, 0.6) is 0 Å². The second kappa shape index (κ2) is 5.09. The maximum absolute atomic E-state index is 11.9. The molecule has 0 N–H and O–H groups in total. The van der Waals surface area contributed by atoms with Crippen LogP contribution in [-0.2, 0) is 6.42 Å². The molecule has 2 nitrogen and oxygen atoms in total. The van der Waals surface area contributed by atoms with Crippen LogP contribution in [-0.4, -0.2) is 10.6 Å². The maximum atomic E-state index is 11.9. The smallest absolute Gasteiger partial charge is 0.176 e. The fourth-order valence-electron chi connectivity index (χ4n) is 1.51. The molecule has 1 rings (SSSR count). The molecule has 0 bridgehead atoms. The van der Waals surface area contributed by atoms with E-state index in [2.05, 4.69) is 22.0 Å². The lowest BCUT2D eigenvalue weighted by atomic mass is 9.95. The molecule has 0 aliphatic rings. The summed E-state index contributed by atoms with van der Waals surface area (Å²) >= 11 is 3.26. The van der Waals surface area contributed by atoms with Gasteiger partial charge in [0.05, 0.1) is 17.3 Å². The quantitative estimate of drug-likeness (QED) is 0.623. The van der Waals surface area contributed by atoms with Crippen LogP contribution in [0.2, 0.25) is 0 Å². The Kier molecular flexibility index (Phi) is 4.05. The van der Waals surface area contributed by atoms with Crippen molar-refractivity contribution in [1.29, 1.82) is 5.26 Å². The van der Waals surface area contributed by atoms with E-state index in [1.165, 1.54) is 0 Å². The summed E-state index contributed by atoms with van der Waals surface area (Å²) in [4.78, 5) is 11.7. The molecule has 0 aromatic heterocycles. The highest BCUT2D eigenvalue weighted by Gasteiger charge is 2.17. The molecule has 78 valence electrons. The predicted molar refractivity (Wildman–Crippen MR) is 63.2 cm³/mol. The first-order chi connectivity index (χ1) is 7.07. The van der Waals surface area contributed by atoms with Gasteiger partial charge in [-0.3, -0.25) is 4.79 Å². The lowest BCUT2D eigenvalue weighted by Crippen LogP contribution is -2.14. The van der Waals surface area contributed by atoms with E-state index >= 15 is 0 Å². The van der Waals surface area contributed by atoms with Crippen LogP contribution >= 0.6 is 15.9 Å². The minimum atomic E-state index is -0.212. The molecule has 1 aromatic carbocycles. The zero-order valence-corrected chi connectivity index (χ0v) is 10.3. The molecule has 0 aliphatic heterocycles. The Hall–Kier alpha value is -1.14. The monoisotopic (exact) mass is 265 g/mol. The van der Waals surface area contributed by atoms with Gasteiger partial charge in [-0.25, -0.2) is 0 Å². The molecule has 0 amide bonds. The van der Waals surface area contributed by atoms with E-state index in [4.69, 9.17) is 5.26 Å². The zero-order chi connectivity index (χ0) is 11.4. The van der Waals surface area contributed by atoms with Crippen LogP contribution in [0.15, 0.2) is 18.2 Å². The summed E-state index contributed by atoms with van der Waals surface area (Å²) in [6.45, 7) is 3.69. The first-order valence-electron chi connectivity index (χ1n) is 4.71. The number of aryl methyl sites for hydroxylation is 1. The topological polar surface area (TPSA) is 40.9 Å². The number of ketones is 1. The fraction of sp³-hybridized carbons (Fsp3) is 0.333. The Bertz CT molecular complexity index is 418. The number of hydrogen-bond donors (Lipinski definition) is 0. The van der Waals surface area contributed by atoms with Gasteiger partial charge in [0.25, 0.3) is 0 Å². The average Bonchev–Trinajstić information content (AvgIpc) is 2.17. The van der Waals surface area contributed by atoms with Gasteiger partial charge in [-0.1, -0.05) is 34.1 Å². The van der Waals surface area contributed by atoms with E-state index in [9.17, 15) is 4.79 Å². The van der Waals surface area contributed by atoms with E-state index in [1.807, 2.05) is 25.1 Å². The number of benzene rings is 1. The summed E-state index contributed by atoms with van der Waals surface area (Å²) in [5, 5.41) is 8.68. The van der Waals surface area contributed by atoms with Gasteiger partial charge in [0.1, 0.15) is 0 Å². The lowest BCUT2D eigenvalue weighted by molar-refractivity contribution is 0.0994. The van der Waals surface area contributed by atoms with Crippen molar-refractivity contribution in [3.05, 3.63) is 34.9 Å². The van der Waals surface area contributed by atoms with Crippen molar-refractivity contribution in [2.75, 3.05) is 0 Å². The highest BCUT2D eigenvalue weighted by atomic mass is 79.9. The number of hydrogen-bond acceptors (Lipinski definition) is 2. The van der Waals surface area contributed by atoms with Gasteiger partial charge in [0, 0.05) is 5.56 Å². The summed E-state index contributed by atoms with van der Waals surface area (Å²) in [6.07, 6.45) is 0.280. The van der Waals surface area contributed by atoms with Crippen LogP contribution in [0.3, 0.4) is 0 Å². The van der Waals surface area contributed by atoms with Gasteiger partial charge in [0.15, 0.2) is 5.78 Å². The normalized spacial score (nSPS) is 11.9. The highest BCUT2D eigenvalue weighted by molar-refractivity contribution is 9.10. The van der Waals surface area contributed by atoms with E-state index < -0.39 is 0 Å². The fourth-order valence-corrected chi connectivity index (χ4v) is 1.74. The van der Waals surface area contributed by atoms with Crippen LogP contribution in [0.25, 0.3) is 0 Å². The first-order valence-corrected chi connectivity index (χ1v) is 5.63. The second-order valence-electron chi connectivity index (χ2n) is 3.42. The van der Waals surface area contributed by atoms with Crippen molar-refractivity contribution in [2.24, 2.45) is 0 Å². The summed E-state index contributed by atoms with van der Waals surface area (Å²) in [7, 11) is 0. The molecule has 1 atom stereocenters. The van der Waals surface area contributed by atoms with Crippen molar-refractivity contribution < 1.29 is 4.79 Å². The van der Waals surface area contributed by atoms with Crippen molar-refractivity contribution in [1.82, 2.24) is 0 Å². The third kappa shape index (κ3) is 2.66. The molecular weight excluding hydrogens is 254 g/mol. The van der Waals surface area contributed by atoms with Gasteiger partial charge in [-0.2, -0.15) is 5.26 Å². The Balaban J connectivity index is 3.25. The average molecular weight is 266 g/mol. The first kappa shape index (κ1) is 11.9. The van der Waals surface area contributed by atoms with Crippen LogP contribution in [0.1, 0.15) is 28.4 Å². The molecule has 0 saturated heterocycles. The van der Waals surface area contributed by atoms with Crippen molar-refractivity contribution in [3.63, 3.8) is 0 Å². The summed E-state index contributed by atoms with van der Waals surface area (Å²) in [5.74, 6) is 0.0401. The minimum absolute atomic E-state index is 0.0401. The highest BCUT2D eigenvalue weighted by Crippen LogP contribution is 2.19. The standard InChI is InChI=1S/C12H12BrNO/c1-8-4-3-5-10(6-7-14)11(8)12(15)9(2)13/h3-5,9H,6H2,1-2H3. The van der Waals surface area contributed by atoms with E-state index in [0.29, 0.717) is 5.56 Å². The lowest BCUT2D eigenvalue weighted by Gasteiger charge is -2.10. The predicted octanol–water partition coefficient (Wildman–Crippen LogP) is 3.03. The molecule has 15 heavy (non-hydrogen) atoms. The van der Waals surface area contributed by atoms with Gasteiger partial charge in [0.2, 0.25) is 0 Å². The Morgan fingerprint density at radius 1 is 1.60 bits per heavy atom. The van der Waals surface area contributed by atoms with Crippen LogP contribution in [0, 0.1) is 18.3 Å². The van der Waals surface area contributed by atoms with Crippen LogP contribution in [0.4, 0.5) is 0 Å². The Morgan fingerprint density at radius 3 is 2.80 bits per heavy atom. The van der Waals surface area contributed by atoms with E-state index in [-0.39, 0.29) is 17.0 Å². The molecule has 0 heterocycles. The summed E-state index contributed by atoms with van der Waals surface area (Å²) in [6, 6.07) is 7.68. The van der Waals surface area contributed by atoms with Gasteiger partial charge in [-0.05, 0) is 25.0 Å². The number of alkyl halides is 1. The third-order valence-electron chi connectivity index (χ3n) is 2.24. The Labute approximate surface area is 98.0 Å². The summed E-state index contributed by atoms with van der Waals surface area (Å²) in [5.41, 5.74) is 2.43. The number of carbonyl (C=O) groups excluding carboxylic acids is 1. The zero-order valence-electron chi connectivity index (χ0n) is 8.75. The number of nitrogens with zero attached hydrogens (tertiary/aromatic N) is 1. The SMILES string of the molecule is Cc1cccc(CC#N)c1C(=O)C(C)Br. The van der Waals surface area contributed by atoms with Crippen molar-refractivity contribution in [2.45, 2.75) is 25.1 Å². The number of halogens is 1. The Morgan fingerprint density at radius 2 is 2.27 bits per heavy atom. The molecule has 0 spiro atoms. The number of nitriles is 1. The molecule has 3 heteroatoms. The van der Waals surface area contributed by atoms with Gasteiger partial charge >= 0.3 is 0 Å². The number of rotatable bonds is 3. The molecule has 1 aromatic rings. The second-order valence-corrected chi connectivity index (χ2v) is 4.80. The molecule has 0 aliphatic carbocycles. The van der Waals surface area contributed by atoms with Crippen LogP contribution < -0.4 is 0 Å². The van der Waals surface area contributed by atoms with Crippen molar-refractivity contribution >= 4 is 21.7 Å². The largest absolute Gasteiger partial charge is 0.293 e. The summed E-state index contributed by atoms with van der Waals surface area (Å²) < 4.78 is 0. The van der Waals surface area contributed by atoms with Crippen molar-refractivity contribution in [3.8, 4) is 6.07 Å². The van der Waals surface area contributed by atoms with E-state index in [1.54, 1.807) is 6.92 Å². The molecular formula is C12H12BrNO. The van der Waals surface area contributed by atoms with Gasteiger partial charge in [-0.15, -0.1) is 0 Å². The molecule has 0 radical (unpaired) electrons. The maximum Gasteiger partial charge on any atom is 0.176 e. The van der Waals surface area contributed by atoms with E-state index in [0.717, 1.165) is 11.1 Å². The molecule has 1 unspecified atom stereocenters. The van der Waals surface area contributed by atoms with Gasteiger partial charge < -0.3 is 0 Å². The third-order valence-corrected chi connectivity index (χ3v) is 2.65.